The van der Waals surface area contributed by atoms with Gasteiger partial charge in [0.15, 0.2) is 0 Å². The van der Waals surface area contributed by atoms with E-state index in [4.69, 9.17) is 4.42 Å². The van der Waals surface area contributed by atoms with Crippen molar-refractivity contribution >= 4 is 11.8 Å². The minimum atomic E-state index is -0.200. The average Bonchev–Trinajstić information content (AvgIpc) is 3.13. The molecule has 3 heterocycles. The lowest BCUT2D eigenvalue weighted by Crippen LogP contribution is -2.44. The number of hydrogen-bond acceptors (Lipinski definition) is 5. The molecule has 1 aliphatic rings. The van der Waals surface area contributed by atoms with Crippen LogP contribution >= 0.6 is 0 Å². The molecule has 2 aromatic rings. The molecule has 2 N–H and O–H groups in total. The van der Waals surface area contributed by atoms with E-state index in [9.17, 15) is 4.79 Å². The lowest BCUT2D eigenvalue weighted by Gasteiger charge is -2.33. The molecule has 0 aromatic carbocycles. The van der Waals surface area contributed by atoms with Gasteiger partial charge in [-0.25, -0.2) is 9.78 Å². The van der Waals surface area contributed by atoms with Gasteiger partial charge in [0.1, 0.15) is 5.82 Å². The summed E-state index contributed by atoms with van der Waals surface area (Å²) in [6, 6.07) is 5.59. The largest absolute Gasteiger partial charge is 0.472 e. The van der Waals surface area contributed by atoms with E-state index in [2.05, 4.69) is 32.5 Å². The van der Waals surface area contributed by atoms with Gasteiger partial charge >= 0.3 is 6.03 Å². The number of furan rings is 1. The van der Waals surface area contributed by atoms with Crippen molar-refractivity contribution in [3.63, 3.8) is 0 Å². The monoisotopic (exact) mass is 329 g/mol. The summed E-state index contributed by atoms with van der Waals surface area (Å²) in [5, 5.41) is 5.66. The molecule has 128 valence electrons. The van der Waals surface area contributed by atoms with Crippen LogP contribution in [0.2, 0.25) is 0 Å². The first-order valence-corrected chi connectivity index (χ1v) is 8.12. The number of piperazine rings is 1. The number of likely N-dealkylation sites (N-methyl/N-ethyl adjacent to an activating group) is 1. The molecule has 0 bridgehead atoms. The van der Waals surface area contributed by atoms with Crippen LogP contribution in [0.3, 0.4) is 0 Å². The number of anilines is 1. The van der Waals surface area contributed by atoms with Crippen molar-refractivity contribution in [3.8, 4) is 0 Å². The summed E-state index contributed by atoms with van der Waals surface area (Å²) >= 11 is 0. The summed E-state index contributed by atoms with van der Waals surface area (Å²) in [4.78, 5) is 20.9. The third kappa shape index (κ3) is 4.48. The van der Waals surface area contributed by atoms with Crippen LogP contribution in [0, 0.1) is 0 Å². The number of rotatable bonds is 5. The highest BCUT2D eigenvalue weighted by Gasteiger charge is 2.15. The Morgan fingerprint density at radius 3 is 2.62 bits per heavy atom. The van der Waals surface area contributed by atoms with Crippen molar-refractivity contribution in [2.75, 3.05) is 38.1 Å². The van der Waals surface area contributed by atoms with Crippen LogP contribution in [0.15, 0.2) is 41.3 Å². The van der Waals surface area contributed by atoms with Crippen LogP contribution in [0.1, 0.15) is 11.1 Å². The third-order valence-corrected chi connectivity index (χ3v) is 4.12. The summed E-state index contributed by atoms with van der Waals surface area (Å²) in [5.41, 5.74) is 1.98. The molecular weight excluding hydrogens is 306 g/mol. The van der Waals surface area contributed by atoms with E-state index in [1.165, 1.54) is 0 Å². The van der Waals surface area contributed by atoms with Gasteiger partial charge in [-0.2, -0.15) is 0 Å². The lowest BCUT2D eigenvalue weighted by molar-refractivity contribution is 0.240. The van der Waals surface area contributed by atoms with E-state index in [-0.39, 0.29) is 6.03 Å². The Balaban J connectivity index is 1.48. The molecule has 2 amide bonds. The topological polar surface area (TPSA) is 73.6 Å². The maximum Gasteiger partial charge on any atom is 0.315 e. The second kappa shape index (κ2) is 7.83. The molecule has 24 heavy (non-hydrogen) atoms. The SMILES string of the molecule is CN1CCN(c2cc(CNC(=O)NCc3ccoc3)ccn2)CC1. The van der Waals surface area contributed by atoms with Crippen molar-refractivity contribution in [2.45, 2.75) is 13.1 Å². The molecule has 7 nitrogen and oxygen atoms in total. The first-order valence-electron chi connectivity index (χ1n) is 8.12. The van der Waals surface area contributed by atoms with Gasteiger partial charge in [0.25, 0.3) is 0 Å². The predicted molar refractivity (Wildman–Crippen MR) is 91.7 cm³/mol. The Kier molecular flexibility index (Phi) is 5.32. The average molecular weight is 329 g/mol. The number of nitrogens with one attached hydrogen (secondary N) is 2. The molecule has 0 spiro atoms. The van der Waals surface area contributed by atoms with Crippen molar-refractivity contribution in [3.05, 3.63) is 48.0 Å². The molecule has 2 aromatic heterocycles. The number of carbonyl (C=O) groups excluding carboxylic acids is 1. The molecule has 1 saturated heterocycles. The van der Waals surface area contributed by atoms with Gasteiger partial charge in [-0.3, -0.25) is 0 Å². The van der Waals surface area contributed by atoms with Crippen LogP contribution < -0.4 is 15.5 Å². The highest BCUT2D eigenvalue weighted by atomic mass is 16.3. The van der Waals surface area contributed by atoms with E-state index in [1.54, 1.807) is 18.7 Å². The fourth-order valence-corrected chi connectivity index (χ4v) is 2.60. The molecule has 0 aliphatic carbocycles. The number of nitrogens with zero attached hydrogens (tertiary/aromatic N) is 3. The van der Waals surface area contributed by atoms with Crippen LogP contribution in [0.4, 0.5) is 10.6 Å². The number of urea groups is 1. The summed E-state index contributed by atoms with van der Waals surface area (Å²) in [7, 11) is 2.13. The van der Waals surface area contributed by atoms with E-state index in [1.807, 2.05) is 18.2 Å². The third-order valence-electron chi connectivity index (χ3n) is 4.12. The van der Waals surface area contributed by atoms with Gasteiger partial charge in [-0.1, -0.05) is 0 Å². The molecule has 0 saturated carbocycles. The summed E-state index contributed by atoms with van der Waals surface area (Å²) in [6.45, 7) is 4.96. The van der Waals surface area contributed by atoms with E-state index in [0.29, 0.717) is 13.1 Å². The van der Waals surface area contributed by atoms with Gasteiger partial charge in [0, 0.05) is 51.0 Å². The minimum absolute atomic E-state index is 0.200. The maximum atomic E-state index is 11.8. The van der Waals surface area contributed by atoms with Gasteiger partial charge in [0.2, 0.25) is 0 Å². The molecule has 0 unspecified atom stereocenters. The van der Waals surface area contributed by atoms with E-state index >= 15 is 0 Å². The van der Waals surface area contributed by atoms with Gasteiger partial charge < -0.3 is 24.9 Å². The highest BCUT2D eigenvalue weighted by Crippen LogP contribution is 2.14. The zero-order valence-electron chi connectivity index (χ0n) is 13.9. The normalized spacial score (nSPS) is 15.3. The van der Waals surface area contributed by atoms with Crippen LogP contribution in [0.25, 0.3) is 0 Å². The Bertz CT molecular complexity index is 651. The van der Waals surface area contributed by atoms with Crippen molar-refractivity contribution in [1.82, 2.24) is 20.5 Å². The molecule has 0 atom stereocenters. The van der Waals surface area contributed by atoms with Gasteiger partial charge in [0.05, 0.1) is 12.5 Å². The summed E-state index contributed by atoms with van der Waals surface area (Å²) < 4.78 is 4.97. The second-order valence-corrected chi connectivity index (χ2v) is 5.98. The first kappa shape index (κ1) is 16.3. The van der Waals surface area contributed by atoms with Gasteiger partial charge in [-0.15, -0.1) is 0 Å². The molecule has 7 heteroatoms. The number of carbonyl (C=O) groups is 1. The van der Waals surface area contributed by atoms with Crippen molar-refractivity contribution in [2.24, 2.45) is 0 Å². The molecule has 3 rings (SSSR count). The molecule has 0 radical (unpaired) electrons. The van der Waals surface area contributed by atoms with Crippen molar-refractivity contribution in [1.29, 1.82) is 0 Å². The van der Waals surface area contributed by atoms with Crippen LogP contribution in [-0.4, -0.2) is 49.1 Å². The Hall–Kier alpha value is -2.54. The number of amides is 2. The zero-order valence-corrected chi connectivity index (χ0v) is 13.9. The van der Waals surface area contributed by atoms with Crippen molar-refractivity contribution < 1.29 is 9.21 Å². The summed E-state index contributed by atoms with van der Waals surface area (Å²) in [6.07, 6.45) is 5.01. The number of aromatic nitrogens is 1. The summed E-state index contributed by atoms with van der Waals surface area (Å²) in [5.74, 6) is 0.973. The minimum Gasteiger partial charge on any atom is -0.472 e. The smallest absolute Gasteiger partial charge is 0.315 e. The standard InChI is InChI=1S/C17H23N5O2/c1-21-5-7-22(8-6-21)16-10-14(2-4-18-16)11-19-17(23)20-12-15-3-9-24-13-15/h2-4,9-10,13H,5-8,11-12H2,1H3,(H2,19,20,23). The molecule has 1 aliphatic heterocycles. The Labute approximate surface area is 141 Å². The first-order chi connectivity index (χ1) is 11.7. The Morgan fingerprint density at radius 2 is 1.92 bits per heavy atom. The predicted octanol–water partition coefficient (Wildman–Crippen LogP) is 1.43. The van der Waals surface area contributed by atoms with E-state index in [0.717, 1.165) is 43.1 Å². The van der Waals surface area contributed by atoms with E-state index < -0.39 is 0 Å². The molecule has 1 fully saturated rings. The van der Waals surface area contributed by atoms with Crippen LogP contribution in [0.5, 0.6) is 0 Å². The molecular formula is C17H23N5O2. The highest BCUT2D eigenvalue weighted by molar-refractivity contribution is 5.73. The second-order valence-electron chi connectivity index (χ2n) is 5.98. The fourth-order valence-electron chi connectivity index (χ4n) is 2.60. The fraction of sp³-hybridized carbons (Fsp3) is 0.412. The quantitative estimate of drug-likeness (QED) is 0.868. The van der Waals surface area contributed by atoms with Gasteiger partial charge in [-0.05, 0) is 30.8 Å². The Morgan fingerprint density at radius 1 is 1.17 bits per heavy atom. The number of hydrogen-bond donors (Lipinski definition) is 2. The maximum absolute atomic E-state index is 11.8. The van der Waals surface area contributed by atoms with Crippen LogP contribution in [-0.2, 0) is 13.1 Å². The zero-order chi connectivity index (χ0) is 16.8. The lowest BCUT2D eigenvalue weighted by atomic mass is 10.2. The number of pyridine rings is 1.